The zero-order valence-corrected chi connectivity index (χ0v) is 16.8. The number of rotatable bonds is 12. The summed E-state index contributed by atoms with van der Waals surface area (Å²) in [5.41, 5.74) is 2.95. The normalized spacial score (nSPS) is 15.8. The lowest BCUT2D eigenvalue weighted by Crippen LogP contribution is -2.13. The van der Waals surface area contributed by atoms with E-state index >= 15 is 0 Å². The van der Waals surface area contributed by atoms with Crippen molar-refractivity contribution < 1.29 is 4.74 Å². The van der Waals surface area contributed by atoms with E-state index in [2.05, 4.69) is 38.1 Å². The zero-order valence-electron chi connectivity index (χ0n) is 16.8. The number of benzene rings is 1. The molecule has 0 unspecified atom stereocenters. The molecule has 1 aliphatic carbocycles. The topological polar surface area (TPSA) is 9.23 Å². The highest BCUT2D eigenvalue weighted by molar-refractivity contribution is 5.24. The van der Waals surface area contributed by atoms with Crippen LogP contribution in [0.25, 0.3) is 0 Å². The second-order valence-electron chi connectivity index (χ2n) is 8.35. The second-order valence-corrected chi connectivity index (χ2v) is 8.35. The van der Waals surface area contributed by atoms with Crippen molar-refractivity contribution in [1.82, 2.24) is 0 Å². The maximum absolute atomic E-state index is 5.89. The predicted molar refractivity (Wildman–Crippen MR) is 109 cm³/mol. The molecule has 1 nitrogen and oxygen atoms in total. The van der Waals surface area contributed by atoms with Crippen LogP contribution in [-0.4, -0.2) is 13.2 Å². The van der Waals surface area contributed by atoms with Crippen LogP contribution < -0.4 is 0 Å². The summed E-state index contributed by atoms with van der Waals surface area (Å²) in [6.45, 7) is 6.53. The second kappa shape index (κ2) is 12.5. The largest absolute Gasteiger partial charge is 0.381 e. The van der Waals surface area contributed by atoms with Gasteiger partial charge in [-0.05, 0) is 55.1 Å². The Bertz CT molecular complexity index is 428. The molecule has 0 saturated heterocycles. The summed E-state index contributed by atoms with van der Waals surface area (Å²) in [5.74, 6) is 1.50. The van der Waals surface area contributed by atoms with Gasteiger partial charge in [0.1, 0.15) is 0 Å². The van der Waals surface area contributed by atoms with Crippen molar-refractivity contribution in [2.24, 2.45) is 5.92 Å². The lowest BCUT2D eigenvalue weighted by molar-refractivity contribution is 0.0824. The molecule has 1 fully saturated rings. The molecule has 142 valence electrons. The van der Waals surface area contributed by atoms with Crippen molar-refractivity contribution in [3.05, 3.63) is 35.4 Å². The fraction of sp³-hybridized carbons (Fsp3) is 0.750. The highest BCUT2D eigenvalue weighted by atomic mass is 16.5. The van der Waals surface area contributed by atoms with Crippen molar-refractivity contribution >= 4 is 0 Å². The molecule has 2 rings (SSSR count). The molecule has 1 heteroatoms. The van der Waals surface area contributed by atoms with Crippen molar-refractivity contribution in [3.8, 4) is 0 Å². The Morgan fingerprint density at radius 1 is 0.840 bits per heavy atom. The molecule has 0 aliphatic heterocycles. The summed E-state index contributed by atoms with van der Waals surface area (Å²) >= 11 is 0. The molecular formula is C24H40O. The first-order valence-electron chi connectivity index (χ1n) is 10.9. The Balaban J connectivity index is 1.38. The molecule has 0 heterocycles. The molecule has 1 aromatic carbocycles. The van der Waals surface area contributed by atoms with E-state index in [1.165, 1.54) is 88.2 Å². The van der Waals surface area contributed by atoms with Gasteiger partial charge in [0.15, 0.2) is 0 Å². The molecule has 0 spiro atoms. The summed E-state index contributed by atoms with van der Waals surface area (Å²) in [6, 6.07) is 9.23. The number of hydrogen-bond acceptors (Lipinski definition) is 1. The number of ether oxygens (including phenoxy) is 1. The first-order chi connectivity index (χ1) is 12.3. The minimum absolute atomic E-state index is 0.640. The molecule has 1 saturated carbocycles. The minimum atomic E-state index is 0.640. The lowest BCUT2D eigenvalue weighted by Gasteiger charge is -2.21. The Morgan fingerprint density at radius 2 is 1.48 bits per heavy atom. The van der Waals surface area contributed by atoms with E-state index in [4.69, 9.17) is 4.74 Å². The summed E-state index contributed by atoms with van der Waals surface area (Å²) in [5, 5.41) is 0. The lowest BCUT2D eigenvalue weighted by atomic mass is 9.90. The summed E-state index contributed by atoms with van der Waals surface area (Å²) in [6.07, 6.45) is 16.4. The van der Waals surface area contributed by atoms with Crippen molar-refractivity contribution in [2.45, 2.75) is 96.8 Å². The number of hydrogen-bond donors (Lipinski definition) is 0. The van der Waals surface area contributed by atoms with Gasteiger partial charge in [-0.1, -0.05) is 83.1 Å². The van der Waals surface area contributed by atoms with Crippen LogP contribution in [-0.2, 0) is 11.2 Å². The van der Waals surface area contributed by atoms with Gasteiger partial charge in [-0.2, -0.15) is 0 Å². The molecule has 0 aromatic heterocycles. The van der Waals surface area contributed by atoms with Gasteiger partial charge in [-0.25, -0.2) is 0 Å². The van der Waals surface area contributed by atoms with Gasteiger partial charge in [0.05, 0.1) is 0 Å². The number of unbranched alkanes of at least 4 members (excludes halogenated alkanes) is 5. The van der Waals surface area contributed by atoms with Crippen LogP contribution in [0.1, 0.15) is 102 Å². The van der Waals surface area contributed by atoms with Gasteiger partial charge >= 0.3 is 0 Å². The molecule has 0 radical (unpaired) electrons. The monoisotopic (exact) mass is 344 g/mol. The summed E-state index contributed by atoms with van der Waals surface area (Å²) in [4.78, 5) is 0. The third-order valence-electron chi connectivity index (χ3n) is 5.73. The van der Waals surface area contributed by atoms with E-state index in [0.717, 1.165) is 19.1 Å². The molecule has 0 N–H and O–H groups in total. The van der Waals surface area contributed by atoms with Gasteiger partial charge in [0.25, 0.3) is 0 Å². The third-order valence-corrected chi connectivity index (χ3v) is 5.73. The SMILES string of the molecule is CC(C)c1ccc(CCCCCCCCOCC2CCCCC2)cc1. The average Bonchev–Trinajstić information content (AvgIpc) is 2.64. The molecular weight excluding hydrogens is 304 g/mol. The van der Waals surface area contributed by atoms with E-state index in [9.17, 15) is 0 Å². The fourth-order valence-electron chi connectivity index (χ4n) is 3.91. The number of aryl methyl sites for hydroxylation is 1. The minimum Gasteiger partial charge on any atom is -0.381 e. The van der Waals surface area contributed by atoms with Crippen LogP contribution in [0.3, 0.4) is 0 Å². The van der Waals surface area contributed by atoms with Crippen molar-refractivity contribution in [3.63, 3.8) is 0 Å². The van der Waals surface area contributed by atoms with Crippen LogP contribution in [0, 0.1) is 5.92 Å². The van der Waals surface area contributed by atoms with Gasteiger partial charge in [-0.15, -0.1) is 0 Å². The standard InChI is InChI=1S/C24H40O/c1-21(2)24-17-15-22(16-18-24)12-8-5-3-4-6-11-19-25-20-23-13-9-7-10-14-23/h15-18,21,23H,3-14,19-20H2,1-2H3. The van der Waals surface area contributed by atoms with Crippen LogP contribution in [0.2, 0.25) is 0 Å². The predicted octanol–water partition coefficient (Wildman–Crippen LogP) is 7.29. The molecule has 1 aliphatic rings. The van der Waals surface area contributed by atoms with Gasteiger partial charge in [0, 0.05) is 13.2 Å². The quantitative estimate of drug-likeness (QED) is 0.362. The first-order valence-corrected chi connectivity index (χ1v) is 10.9. The van der Waals surface area contributed by atoms with Gasteiger partial charge in [-0.3, -0.25) is 0 Å². The van der Waals surface area contributed by atoms with E-state index < -0.39 is 0 Å². The summed E-state index contributed by atoms with van der Waals surface area (Å²) < 4.78 is 5.89. The van der Waals surface area contributed by atoms with Crippen LogP contribution in [0.15, 0.2) is 24.3 Å². The fourth-order valence-corrected chi connectivity index (χ4v) is 3.91. The Kier molecular flexibility index (Phi) is 10.3. The average molecular weight is 345 g/mol. The maximum atomic E-state index is 5.89. The zero-order chi connectivity index (χ0) is 17.7. The molecule has 25 heavy (non-hydrogen) atoms. The maximum Gasteiger partial charge on any atom is 0.0494 e. The highest BCUT2D eigenvalue weighted by Gasteiger charge is 2.12. The Hall–Kier alpha value is -0.820. The Labute approximate surface area is 156 Å². The van der Waals surface area contributed by atoms with E-state index in [-0.39, 0.29) is 0 Å². The Morgan fingerprint density at radius 3 is 2.16 bits per heavy atom. The smallest absolute Gasteiger partial charge is 0.0494 e. The van der Waals surface area contributed by atoms with Gasteiger partial charge < -0.3 is 4.74 Å². The van der Waals surface area contributed by atoms with Crippen molar-refractivity contribution in [1.29, 1.82) is 0 Å². The van der Waals surface area contributed by atoms with Crippen LogP contribution >= 0.6 is 0 Å². The summed E-state index contributed by atoms with van der Waals surface area (Å²) in [7, 11) is 0. The molecule has 0 bridgehead atoms. The first kappa shape index (κ1) is 20.5. The third kappa shape index (κ3) is 8.90. The van der Waals surface area contributed by atoms with Crippen molar-refractivity contribution in [2.75, 3.05) is 13.2 Å². The van der Waals surface area contributed by atoms with E-state index in [0.29, 0.717) is 5.92 Å². The highest BCUT2D eigenvalue weighted by Crippen LogP contribution is 2.23. The van der Waals surface area contributed by atoms with Crippen LogP contribution in [0.4, 0.5) is 0 Å². The van der Waals surface area contributed by atoms with E-state index in [1.54, 1.807) is 0 Å². The molecule has 0 amide bonds. The van der Waals surface area contributed by atoms with Crippen LogP contribution in [0.5, 0.6) is 0 Å². The van der Waals surface area contributed by atoms with E-state index in [1.807, 2.05) is 0 Å². The molecule has 0 atom stereocenters. The van der Waals surface area contributed by atoms with Gasteiger partial charge in [0.2, 0.25) is 0 Å². The molecule has 1 aromatic rings.